The van der Waals surface area contributed by atoms with E-state index in [-0.39, 0.29) is 17.7 Å². The van der Waals surface area contributed by atoms with Gasteiger partial charge in [-0.1, -0.05) is 37.6 Å². The highest BCUT2D eigenvalue weighted by atomic mass is 35.5. The molecule has 0 aliphatic heterocycles. The molecule has 0 fully saturated rings. The van der Waals surface area contributed by atoms with E-state index in [1.807, 2.05) is 26.0 Å². The normalized spacial score (nSPS) is 12.6. The Hall–Kier alpha value is -1.06. The number of carbonyl (C=O) groups excluding carboxylic acids is 1. The van der Waals surface area contributed by atoms with E-state index in [0.717, 1.165) is 5.56 Å². The van der Waals surface area contributed by atoms with Crippen LogP contribution in [0.3, 0.4) is 0 Å². The third-order valence-electron chi connectivity index (χ3n) is 2.32. The number of amides is 1. The second-order valence-corrected chi connectivity index (χ2v) is 4.22. The monoisotopic (exact) mass is 226 g/mol. The fourth-order valence-electron chi connectivity index (χ4n) is 1.60. The molecule has 0 aromatic heterocycles. The summed E-state index contributed by atoms with van der Waals surface area (Å²) in [6, 6.07) is 7.25. The van der Waals surface area contributed by atoms with Crippen molar-refractivity contribution >= 4 is 17.5 Å². The van der Waals surface area contributed by atoms with E-state index >= 15 is 0 Å². The van der Waals surface area contributed by atoms with Crippen molar-refractivity contribution in [1.82, 2.24) is 5.43 Å². The maximum absolute atomic E-state index is 11.6. The molecule has 0 aliphatic carbocycles. The van der Waals surface area contributed by atoms with Gasteiger partial charge in [0.2, 0.25) is 5.91 Å². The van der Waals surface area contributed by atoms with Gasteiger partial charge < -0.3 is 0 Å². The van der Waals surface area contributed by atoms with Crippen LogP contribution in [0.25, 0.3) is 0 Å². The lowest BCUT2D eigenvalue weighted by Gasteiger charge is -2.19. The Morgan fingerprint density at radius 1 is 1.33 bits per heavy atom. The van der Waals surface area contributed by atoms with Crippen LogP contribution in [0.5, 0.6) is 0 Å². The predicted octanol–water partition coefficient (Wildman–Crippen LogP) is 2.07. The van der Waals surface area contributed by atoms with Crippen molar-refractivity contribution in [3.8, 4) is 0 Å². The highest BCUT2D eigenvalue weighted by molar-refractivity contribution is 6.30. The third-order valence-corrected chi connectivity index (χ3v) is 2.57. The second-order valence-electron chi connectivity index (χ2n) is 3.78. The summed E-state index contributed by atoms with van der Waals surface area (Å²) in [5, 5.41) is 0.661. The third kappa shape index (κ3) is 2.94. The molecule has 3 nitrogen and oxygen atoms in total. The minimum absolute atomic E-state index is 0.174. The van der Waals surface area contributed by atoms with Gasteiger partial charge in [0.05, 0.1) is 5.92 Å². The maximum atomic E-state index is 11.6. The summed E-state index contributed by atoms with van der Waals surface area (Å²) in [7, 11) is 0. The molecular weight excluding hydrogens is 212 g/mol. The van der Waals surface area contributed by atoms with Gasteiger partial charge in [-0.3, -0.25) is 10.2 Å². The maximum Gasteiger partial charge on any atom is 0.241 e. The van der Waals surface area contributed by atoms with Crippen LogP contribution in [-0.4, -0.2) is 5.91 Å². The fourth-order valence-corrected chi connectivity index (χ4v) is 1.72. The summed E-state index contributed by atoms with van der Waals surface area (Å²) in [6.07, 6.45) is 0. The first-order valence-electron chi connectivity index (χ1n) is 4.82. The number of hydrazine groups is 1. The molecular formula is C11H15ClN2O. The fraction of sp³-hybridized carbons (Fsp3) is 0.364. The largest absolute Gasteiger partial charge is 0.294 e. The highest BCUT2D eigenvalue weighted by Crippen LogP contribution is 2.25. The van der Waals surface area contributed by atoms with Crippen molar-refractivity contribution in [3.63, 3.8) is 0 Å². The predicted molar refractivity (Wildman–Crippen MR) is 61.4 cm³/mol. The van der Waals surface area contributed by atoms with Gasteiger partial charge >= 0.3 is 0 Å². The average molecular weight is 227 g/mol. The van der Waals surface area contributed by atoms with E-state index in [0.29, 0.717) is 5.02 Å². The van der Waals surface area contributed by atoms with Gasteiger partial charge in [-0.2, -0.15) is 0 Å². The molecule has 82 valence electrons. The molecule has 15 heavy (non-hydrogen) atoms. The average Bonchev–Trinajstić information content (AvgIpc) is 2.20. The minimum atomic E-state index is -0.229. The van der Waals surface area contributed by atoms with E-state index in [1.165, 1.54) is 0 Å². The zero-order chi connectivity index (χ0) is 11.4. The number of nitrogens with one attached hydrogen (secondary N) is 1. The molecule has 0 bridgehead atoms. The molecule has 0 spiro atoms. The van der Waals surface area contributed by atoms with E-state index in [2.05, 4.69) is 5.43 Å². The van der Waals surface area contributed by atoms with Crippen LogP contribution < -0.4 is 11.3 Å². The number of rotatable bonds is 3. The Morgan fingerprint density at radius 2 is 1.87 bits per heavy atom. The lowest BCUT2D eigenvalue weighted by atomic mass is 9.88. The summed E-state index contributed by atoms with van der Waals surface area (Å²) in [5.41, 5.74) is 3.12. The molecule has 1 aromatic carbocycles. The number of benzene rings is 1. The number of hydrogen-bond donors (Lipinski definition) is 2. The van der Waals surface area contributed by atoms with Crippen LogP contribution >= 0.6 is 11.6 Å². The van der Waals surface area contributed by atoms with Crippen molar-refractivity contribution < 1.29 is 4.79 Å². The Labute approximate surface area is 94.6 Å². The van der Waals surface area contributed by atoms with Gasteiger partial charge in [0.15, 0.2) is 0 Å². The van der Waals surface area contributed by atoms with Crippen molar-refractivity contribution in [2.24, 2.45) is 11.8 Å². The molecule has 3 N–H and O–H groups in total. The van der Waals surface area contributed by atoms with Crippen molar-refractivity contribution in [2.75, 3.05) is 0 Å². The van der Waals surface area contributed by atoms with Crippen LogP contribution in [0.15, 0.2) is 24.3 Å². The summed E-state index contributed by atoms with van der Waals surface area (Å²) < 4.78 is 0. The zero-order valence-electron chi connectivity index (χ0n) is 8.83. The number of carbonyl (C=O) groups is 1. The lowest BCUT2D eigenvalue weighted by molar-refractivity contribution is -0.123. The first-order valence-corrected chi connectivity index (χ1v) is 5.20. The first-order chi connectivity index (χ1) is 7.06. The molecule has 0 saturated carbocycles. The lowest BCUT2D eigenvalue weighted by Crippen LogP contribution is -2.36. The van der Waals surface area contributed by atoms with Gasteiger partial charge in [-0.25, -0.2) is 5.84 Å². The molecule has 1 aromatic rings. The summed E-state index contributed by atoms with van der Waals surface area (Å²) in [5.74, 6) is 4.94. The van der Waals surface area contributed by atoms with Crippen LogP contribution in [0.1, 0.15) is 25.3 Å². The van der Waals surface area contributed by atoms with Gasteiger partial charge in [0.25, 0.3) is 0 Å². The quantitative estimate of drug-likeness (QED) is 0.471. The van der Waals surface area contributed by atoms with Crippen molar-refractivity contribution in [3.05, 3.63) is 34.9 Å². The van der Waals surface area contributed by atoms with Crippen LogP contribution in [0, 0.1) is 5.92 Å². The summed E-state index contributed by atoms with van der Waals surface area (Å²) in [6.45, 7) is 3.96. The first kappa shape index (κ1) is 12.0. The van der Waals surface area contributed by atoms with Gasteiger partial charge in [-0.15, -0.1) is 0 Å². The summed E-state index contributed by atoms with van der Waals surface area (Å²) >= 11 is 5.78. The smallest absolute Gasteiger partial charge is 0.241 e. The summed E-state index contributed by atoms with van der Waals surface area (Å²) in [4.78, 5) is 11.6. The second kappa shape index (κ2) is 5.14. The Bertz CT molecular complexity index is 335. The highest BCUT2D eigenvalue weighted by Gasteiger charge is 2.23. The van der Waals surface area contributed by atoms with Crippen molar-refractivity contribution in [2.45, 2.75) is 19.8 Å². The Morgan fingerprint density at radius 3 is 2.27 bits per heavy atom. The zero-order valence-corrected chi connectivity index (χ0v) is 9.58. The van der Waals surface area contributed by atoms with Crippen LogP contribution in [-0.2, 0) is 4.79 Å². The minimum Gasteiger partial charge on any atom is -0.294 e. The van der Waals surface area contributed by atoms with Crippen LogP contribution in [0.2, 0.25) is 5.02 Å². The molecule has 1 atom stereocenters. The molecule has 0 radical (unpaired) electrons. The van der Waals surface area contributed by atoms with E-state index in [9.17, 15) is 4.79 Å². The molecule has 1 amide bonds. The van der Waals surface area contributed by atoms with Crippen LogP contribution in [0.4, 0.5) is 0 Å². The number of halogens is 1. The van der Waals surface area contributed by atoms with Crippen molar-refractivity contribution in [1.29, 1.82) is 0 Å². The Kier molecular flexibility index (Phi) is 4.12. The molecule has 4 heteroatoms. The van der Waals surface area contributed by atoms with Gasteiger partial charge in [0.1, 0.15) is 0 Å². The molecule has 1 rings (SSSR count). The molecule has 1 unspecified atom stereocenters. The van der Waals surface area contributed by atoms with E-state index < -0.39 is 0 Å². The Balaban J connectivity index is 2.99. The number of hydrogen-bond acceptors (Lipinski definition) is 2. The van der Waals surface area contributed by atoms with E-state index in [4.69, 9.17) is 17.4 Å². The van der Waals surface area contributed by atoms with Gasteiger partial charge in [-0.05, 0) is 23.6 Å². The topological polar surface area (TPSA) is 55.1 Å². The molecule has 0 heterocycles. The number of nitrogens with two attached hydrogens (primary N) is 1. The van der Waals surface area contributed by atoms with Gasteiger partial charge in [0, 0.05) is 5.02 Å². The molecule has 0 aliphatic rings. The molecule has 0 saturated heterocycles. The SMILES string of the molecule is CC(C)C(C(=O)NN)c1ccc(Cl)cc1. The van der Waals surface area contributed by atoms with E-state index in [1.54, 1.807) is 12.1 Å². The standard InChI is InChI=1S/C11H15ClN2O/c1-7(2)10(11(15)14-13)8-3-5-9(12)6-4-8/h3-7,10H,13H2,1-2H3,(H,14,15).